The van der Waals surface area contributed by atoms with Gasteiger partial charge in [-0.25, -0.2) is 4.68 Å². The second-order valence-electron chi connectivity index (χ2n) is 4.67. The first kappa shape index (κ1) is 13.1. The molecule has 3 nitrogen and oxygen atoms in total. The standard InChI is InChI=1S/C14H17ClN2O/c1-9(2)13-11(8-18)14(15)17(16-13)12-7-5-4-6-10(12)3/h4-7,9,18H,8H2,1-3H3. The number of hydrogen-bond acceptors (Lipinski definition) is 2. The molecule has 1 N–H and O–H groups in total. The van der Waals surface area contributed by atoms with Crippen LogP contribution in [-0.4, -0.2) is 14.9 Å². The summed E-state index contributed by atoms with van der Waals surface area (Å²) in [5.41, 5.74) is 3.62. The molecule has 1 aromatic carbocycles. The molecule has 0 fully saturated rings. The van der Waals surface area contributed by atoms with Gasteiger partial charge in [0.1, 0.15) is 5.15 Å². The molecule has 0 atom stereocenters. The van der Waals surface area contributed by atoms with E-state index in [-0.39, 0.29) is 12.5 Å². The Morgan fingerprint density at radius 3 is 2.50 bits per heavy atom. The van der Waals surface area contributed by atoms with E-state index < -0.39 is 0 Å². The number of nitrogens with zero attached hydrogens (tertiary/aromatic N) is 2. The average molecular weight is 265 g/mol. The molecule has 1 aromatic heterocycles. The third-order valence-corrected chi connectivity index (χ3v) is 3.39. The van der Waals surface area contributed by atoms with Crippen LogP contribution in [0.1, 0.15) is 36.6 Å². The highest BCUT2D eigenvalue weighted by Gasteiger charge is 2.19. The Kier molecular flexibility index (Phi) is 3.73. The summed E-state index contributed by atoms with van der Waals surface area (Å²) in [6.07, 6.45) is 0. The molecule has 0 aliphatic heterocycles. The van der Waals surface area contributed by atoms with Crippen LogP contribution >= 0.6 is 11.6 Å². The van der Waals surface area contributed by atoms with E-state index in [0.717, 1.165) is 22.5 Å². The number of halogens is 1. The molecule has 96 valence electrons. The van der Waals surface area contributed by atoms with E-state index in [1.807, 2.05) is 45.0 Å². The van der Waals surface area contributed by atoms with Gasteiger partial charge in [-0.1, -0.05) is 43.6 Å². The van der Waals surface area contributed by atoms with Gasteiger partial charge in [-0.2, -0.15) is 5.10 Å². The number of aliphatic hydroxyl groups is 1. The minimum absolute atomic E-state index is 0.0851. The minimum Gasteiger partial charge on any atom is -0.391 e. The Labute approximate surface area is 112 Å². The maximum Gasteiger partial charge on any atom is 0.138 e. The van der Waals surface area contributed by atoms with Crippen molar-refractivity contribution in [2.24, 2.45) is 0 Å². The van der Waals surface area contributed by atoms with Gasteiger partial charge in [0.25, 0.3) is 0 Å². The molecule has 2 aromatic rings. The molecular formula is C14H17ClN2O. The molecule has 0 radical (unpaired) electrons. The Morgan fingerprint density at radius 1 is 1.33 bits per heavy atom. The SMILES string of the molecule is Cc1ccccc1-n1nc(C(C)C)c(CO)c1Cl. The van der Waals surface area contributed by atoms with Gasteiger partial charge in [0.05, 0.1) is 18.0 Å². The molecule has 0 unspecified atom stereocenters. The molecule has 0 aliphatic rings. The Morgan fingerprint density at radius 2 is 2.00 bits per heavy atom. The molecular weight excluding hydrogens is 248 g/mol. The first-order valence-corrected chi connectivity index (χ1v) is 6.38. The molecule has 0 aliphatic carbocycles. The predicted octanol–water partition coefficient (Wildman–Crippen LogP) is 3.45. The van der Waals surface area contributed by atoms with Crippen LogP contribution in [0.15, 0.2) is 24.3 Å². The molecule has 1 heterocycles. The van der Waals surface area contributed by atoms with Crippen LogP contribution in [-0.2, 0) is 6.61 Å². The lowest BCUT2D eigenvalue weighted by Crippen LogP contribution is -2.00. The van der Waals surface area contributed by atoms with Crippen molar-refractivity contribution in [1.29, 1.82) is 0 Å². The van der Waals surface area contributed by atoms with Crippen LogP contribution in [0, 0.1) is 6.92 Å². The van der Waals surface area contributed by atoms with Crippen LogP contribution in [0.5, 0.6) is 0 Å². The molecule has 0 bridgehead atoms. The highest BCUT2D eigenvalue weighted by atomic mass is 35.5. The van der Waals surface area contributed by atoms with Gasteiger partial charge in [-0.3, -0.25) is 0 Å². The van der Waals surface area contributed by atoms with Crippen molar-refractivity contribution in [3.8, 4) is 5.69 Å². The molecule has 18 heavy (non-hydrogen) atoms. The molecule has 0 saturated carbocycles. The van der Waals surface area contributed by atoms with Crippen LogP contribution in [0.3, 0.4) is 0 Å². The predicted molar refractivity (Wildman–Crippen MR) is 73.3 cm³/mol. The highest BCUT2D eigenvalue weighted by molar-refractivity contribution is 6.30. The summed E-state index contributed by atoms with van der Waals surface area (Å²) >= 11 is 6.32. The summed E-state index contributed by atoms with van der Waals surface area (Å²) < 4.78 is 1.71. The van der Waals surface area contributed by atoms with Crippen molar-refractivity contribution >= 4 is 11.6 Å². The Hall–Kier alpha value is -1.32. The van der Waals surface area contributed by atoms with Gasteiger partial charge in [0, 0.05) is 5.56 Å². The van der Waals surface area contributed by atoms with E-state index in [0.29, 0.717) is 5.15 Å². The van der Waals surface area contributed by atoms with Crippen molar-refractivity contribution < 1.29 is 5.11 Å². The zero-order valence-electron chi connectivity index (χ0n) is 10.8. The van der Waals surface area contributed by atoms with E-state index in [4.69, 9.17) is 11.6 Å². The van der Waals surface area contributed by atoms with Crippen molar-refractivity contribution in [1.82, 2.24) is 9.78 Å². The molecule has 0 saturated heterocycles. The Bertz CT molecular complexity index is 561. The molecule has 4 heteroatoms. The molecule has 2 rings (SSSR count). The first-order chi connectivity index (χ1) is 8.56. The zero-order valence-corrected chi connectivity index (χ0v) is 11.6. The van der Waals surface area contributed by atoms with Gasteiger partial charge in [-0.15, -0.1) is 0 Å². The number of benzene rings is 1. The number of hydrogen-bond donors (Lipinski definition) is 1. The van der Waals surface area contributed by atoms with Gasteiger partial charge in [0.15, 0.2) is 0 Å². The van der Waals surface area contributed by atoms with Crippen molar-refractivity contribution in [2.75, 3.05) is 0 Å². The van der Waals surface area contributed by atoms with Crippen LogP contribution < -0.4 is 0 Å². The quantitative estimate of drug-likeness (QED) is 0.922. The number of rotatable bonds is 3. The average Bonchev–Trinajstić information content (AvgIpc) is 2.67. The van der Waals surface area contributed by atoms with E-state index in [2.05, 4.69) is 5.10 Å². The van der Waals surface area contributed by atoms with Crippen molar-refractivity contribution in [3.05, 3.63) is 46.2 Å². The monoisotopic (exact) mass is 264 g/mol. The van der Waals surface area contributed by atoms with Crippen molar-refractivity contribution in [3.63, 3.8) is 0 Å². The number of para-hydroxylation sites is 1. The van der Waals surface area contributed by atoms with Crippen molar-refractivity contribution in [2.45, 2.75) is 33.3 Å². The fourth-order valence-electron chi connectivity index (χ4n) is 2.02. The smallest absolute Gasteiger partial charge is 0.138 e. The lowest BCUT2D eigenvalue weighted by Gasteiger charge is -2.06. The summed E-state index contributed by atoms with van der Waals surface area (Å²) in [5.74, 6) is 0.231. The van der Waals surface area contributed by atoms with E-state index in [1.54, 1.807) is 4.68 Å². The number of aliphatic hydroxyl groups excluding tert-OH is 1. The second-order valence-corrected chi connectivity index (χ2v) is 5.02. The normalized spacial score (nSPS) is 11.2. The highest BCUT2D eigenvalue weighted by Crippen LogP contribution is 2.29. The summed E-state index contributed by atoms with van der Waals surface area (Å²) in [5, 5.41) is 14.5. The van der Waals surface area contributed by atoms with E-state index >= 15 is 0 Å². The lowest BCUT2D eigenvalue weighted by atomic mass is 10.1. The summed E-state index contributed by atoms with van der Waals surface area (Å²) in [4.78, 5) is 0. The van der Waals surface area contributed by atoms with Crippen LogP contribution in [0.2, 0.25) is 5.15 Å². The fourth-order valence-corrected chi connectivity index (χ4v) is 2.30. The van der Waals surface area contributed by atoms with Gasteiger partial charge >= 0.3 is 0 Å². The zero-order chi connectivity index (χ0) is 13.3. The fraction of sp³-hybridized carbons (Fsp3) is 0.357. The Balaban J connectivity index is 2.63. The third kappa shape index (κ3) is 2.16. The second kappa shape index (κ2) is 5.12. The maximum atomic E-state index is 9.44. The minimum atomic E-state index is -0.0851. The van der Waals surface area contributed by atoms with Gasteiger partial charge < -0.3 is 5.11 Å². The largest absolute Gasteiger partial charge is 0.391 e. The number of aryl methyl sites for hydroxylation is 1. The third-order valence-electron chi connectivity index (χ3n) is 3.00. The van der Waals surface area contributed by atoms with Crippen LogP contribution in [0.25, 0.3) is 5.69 Å². The maximum absolute atomic E-state index is 9.44. The first-order valence-electron chi connectivity index (χ1n) is 6.00. The molecule has 0 spiro atoms. The van der Waals surface area contributed by atoms with Gasteiger partial charge in [0.2, 0.25) is 0 Å². The lowest BCUT2D eigenvalue weighted by molar-refractivity contribution is 0.280. The molecule has 0 amide bonds. The van der Waals surface area contributed by atoms with E-state index in [9.17, 15) is 5.11 Å². The van der Waals surface area contributed by atoms with Crippen LogP contribution in [0.4, 0.5) is 0 Å². The topological polar surface area (TPSA) is 38.0 Å². The number of aromatic nitrogens is 2. The summed E-state index contributed by atoms with van der Waals surface area (Å²) in [6, 6.07) is 7.92. The summed E-state index contributed by atoms with van der Waals surface area (Å²) in [6.45, 7) is 6.01. The summed E-state index contributed by atoms with van der Waals surface area (Å²) in [7, 11) is 0. The van der Waals surface area contributed by atoms with E-state index in [1.165, 1.54) is 0 Å². The van der Waals surface area contributed by atoms with Gasteiger partial charge in [-0.05, 0) is 24.5 Å².